The SMILES string of the molecule is COC(=O)c1nn(Cc2ccc(Cl)cc2F)c2cc(C(F)(F)F)ccc12.O=C(O)c1nn(Cc2ccc(Cl)cc2Cl)c2cc(C(F)(F)F)ccc12. The average molecular weight is 776 g/mol. The lowest BCUT2D eigenvalue weighted by Gasteiger charge is -2.09. The van der Waals surface area contributed by atoms with Crippen molar-refractivity contribution in [3.8, 4) is 0 Å². The minimum atomic E-state index is -4.57. The Hall–Kier alpha value is -4.86. The number of hydrogen-bond donors (Lipinski definition) is 1. The summed E-state index contributed by atoms with van der Waals surface area (Å²) >= 11 is 17.6. The molecule has 0 amide bonds. The summed E-state index contributed by atoms with van der Waals surface area (Å²) < 4.78 is 98.9. The highest BCUT2D eigenvalue weighted by Gasteiger charge is 2.33. The van der Waals surface area contributed by atoms with Crippen molar-refractivity contribution in [1.82, 2.24) is 19.6 Å². The second-order valence-electron chi connectivity index (χ2n) is 10.7. The first-order chi connectivity index (χ1) is 23.9. The predicted molar refractivity (Wildman–Crippen MR) is 174 cm³/mol. The van der Waals surface area contributed by atoms with Crippen molar-refractivity contribution in [1.29, 1.82) is 0 Å². The van der Waals surface area contributed by atoms with Crippen LogP contribution in [0.4, 0.5) is 30.7 Å². The van der Waals surface area contributed by atoms with E-state index in [1.807, 2.05) is 0 Å². The highest BCUT2D eigenvalue weighted by atomic mass is 35.5. The Morgan fingerprint density at radius 2 is 1.18 bits per heavy atom. The molecule has 2 heterocycles. The number of halogens is 10. The fourth-order valence-electron chi connectivity index (χ4n) is 4.97. The van der Waals surface area contributed by atoms with Gasteiger partial charge in [0.15, 0.2) is 11.4 Å². The minimum Gasteiger partial charge on any atom is -0.476 e. The van der Waals surface area contributed by atoms with Gasteiger partial charge < -0.3 is 9.84 Å². The van der Waals surface area contributed by atoms with E-state index in [4.69, 9.17) is 34.8 Å². The van der Waals surface area contributed by atoms with Gasteiger partial charge in [0.25, 0.3) is 0 Å². The first-order valence-electron chi connectivity index (χ1n) is 14.2. The van der Waals surface area contributed by atoms with Crippen molar-refractivity contribution >= 4 is 68.5 Å². The number of carboxylic acid groups (broad SMARTS) is 1. The van der Waals surface area contributed by atoms with Crippen LogP contribution in [0.3, 0.4) is 0 Å². The van der Waals surface area contributed by atoms with E-state index in [0.29, 0.717) is 15.6 Å². The fourth-order valence-corrected chi connectivity index (χ4v) is 5.60. The number of carboxylic acids is 1. The predicted octanol–water partition coefficient (Wildman–Crippen LogP) is 9.79. The Kier molecular flexibility index (Phi) is 10.6. The molecular formula is C33H20Cl3F7N4O4. The van der Waals surface area contributed by atoms with E-state index in [0.717, 1.165) is 54.3 Å². The van der Waals surface area contributed by atoms with Gasteiger partial charge in [-0.25, -0.2) is 14.0 Å². The Balaban J connectivity index is 0.000000198. The Bertz CT molecular complexity index is 2300. The number of fused-ring (bicyclic) bond motifs is 2. The van der Waals surface area contributed by atoms with Crippen molar-refractivity contribution in [3.05, 3.63) is 127 Å². The Morgan fingerprint density at radius 1 is 0.706 bits per heavy atom. The summed E-state index contributed by atoms with van der Waals surface area (Å²) in [5.41, 5.74) is -1.47. The molecule has 6 rings (SSSR count). The van der Waals surface area contributed by atoms with Crippen LogP contribution in [0, 0.1) is 5.82 Å². The van der Waals surface area contributed by atoms with E-state index in [2.05, 4.69) is 14.9 Å². The maximum atomic E-state index is 14.0. The number of alkyl halides is 6. The van der Waals surface area contributed by atoms with Gasteiger partial charge in [0.1, 0.15) is 5.82 Å². The molecule has 18 heteroatoms. The van der Waals surface area contributed by atoms with Crippen LogP contribution in [0.1, 0.15) is 43.2 Å². The van der Waals surface area contributed by atoms with Gasteiger partial charge >= 0.3 is 24.3 Å². The maximum absolute atomic E-state index is 14.0. The van der Waals surface area contributed by atoms with Crippen LogP contribution in [0.15, 0.2) is 72.8 Å². The molecular weight excluding hydrogens is 756 g/mol. The largest absolute Gasteiger partial charge is 0.476 e. The number of nitrogens with zero attached hydrogens (tertiary/aromatic N) is 4. The molecule has 0 aliphatic rings. The number of aromatic carboxylic acids is 1. The average Bonchev–Trinajstić information content (AvgIpc) is 3.60. The number of carbonyl (C=O) groups excluding carboxylic acids is 1. The van der Waals surface area contributed by atoms with Gasteiger partial charge in [-0.1, -0.05) is 46.9 Å². The van der Waals surface area contributed by atoms with Gasteiger partial charge in [-0.3, -0.25) is 9.36 Å². The number of hydrogen-bond acceptors (Lipinski definition) is 5. The van der Waals surface area contributed by atoms with Crippen molar-refractivity contribution in [3.63, 3.8) is 0 Å². The molecule has 0 aliphatic carbocycles. The second-order valence-corrected chi connectivity index (χ2v) is 12.0. The molecule has 1 N–H and O–H groups in total. The van der Waals surface area contributed by atoms with Crippen LogP contribution < -0.4 is 0 Å². The van der Waals surface area contributed by atoms with Crippen molar-refractivity contribution < 1.29 is 50.2 Å². The van der Waals surface area contributed by atoms with Gasteiger partial charge in [0.2, 0.25) is 0 Å². The molecule has 8 nitrogen and oxygen atoms in total. The third-order valence-electron chi connectivity index (χ3n) is 7.41. The fraction of sp³-hybridized carbons (Fsp3) is 0.152. The highest BCUT2D eigenvalue weighted by Crippen LogP contribution is 2.34. The van der Waals surface area contributed by atoms with Gasteiger partial charge in [0.05, 0.1) is 42.4 Å². The molecule has 0 aliphatic heterocycles. The third-order valence-corrected chi connectivity index (χ3v) is 8.23. The van der Waals surface area contributed by atoms with E-state index in [-0.39, 0.29) is 56.9 Å². The van der Waals surface area contributed by atoms with Crippen LogP contribution >= 0.6 is 34.8 Å². The zero-order valence-electron chi connectivity index (χ0n) is 25.6. The molecule has 0 unspecified atom stereocenters. The van der Waals surface area contributed by atoms with Crippen molar-refractivity contribution in [2.24, 2.45) is 0 Å². The van der Waals surface area contributed by atoms with Crippen LogP contribution in [0.25, 0.3) is 21.8 Å². The Labute approximate surface area is 297 Å². The summed E-state index contributed by atoms with van der Waals surface area (Å²) in [6, 6.07) is 14.3. The van der Waals surface area contributed by atoms with Gasteiger partial charge in [-0.2, -0.15) is 36.5 Å². The van der Waals surface area contributed by atoms with E-state index in [1.165, 1.54) is 22.9 Å². The lowest BCUT2D eigenvalue weighted by atomic mass is 10.1. The van der Waals surface area contributed by atoms with Crippen LogP contribution in [-0.2, 0) is 30.2 Å². The number of esters is 1. The van der Waals surface area contributed by atoms with Crippen LogP contribution in [-0.4, -0.2) is 43.7 Å². The quantitative estimate of drug-likeness (QED) is 0.134. The maximum Gasteiger partial charge on any atom is 0.416 e. The minimum absolute atomic E-state index is 0.00108. The number of methoxy groups -OCH3 is 1. The molecule has 0 saturated carbocycles. The summed E-state index contributed by atoms with van der Waals surface area (Å²) in [6.45, 7) is -0.182. The number of benzene rings is 4. The molecule has 0 radical (unpaired) electrons. The first kappa shape index (κ1) is 37.4. The van der Waals surface area contributed by atoms with Crippen molar-refractivity contribution in [2.45, 2.75) is 25.4 Å². The summed E-state index contributed by atoms with van der Waals surface area (Å²) in [4.78, 5) is 23.2. The van der Waals surface area contributed by atoms with Gasteiger partial charge in [-0.05, 0) is 66.2 Å². The molecule has 0 atom stereocenters. The molecule has 0 bridgehead atoms. The van der Waals surface area contributed by atoms with Crippen LogP contribution in [0.2, 0.25) is 15.1 Å². The second kappa shape index (κ2) is 14.4. The summed E-state index contributed by atoms with van der Waals surface area (Å²) in [6.07, 6.45) is -9.12. The van der Waals surface area contributed by atoms with E-state index < -0.39 is 41.2 Å². The first-order valence-corrected chi connectivity index (χ1v) is 15.4. The third kappa shape index (κ3) is 8.21. The smallest absolute Gasteiger partial charge is 0.416 e. The summed E-state index contributed by atoms with van der Waals surface area (Å²) in [5.74, 6) is -2.76. The molecule has 2 aromatic heterocycles. The molecule has 0 spiro atoms. The Morgan fingerprint density at radius 3 is 1.65 bits per heavy atom. The number of rotatable bonds is 6. The van der Waals surface area contributed by atoms with E-state index >= 15 is 0 Å². The van der Waals surface area contributed by atoms with Gasteiger partial charge in [-0.15, -0.1) is 0 Å². The zero-order valence-corrected chi connectivity index (χ0v) is 27.9. The van der Waals surface area contributed by atoms with Crippen LogP contribution in [0.5, 0.6) is 0 Å². The zero-order chi connectivity index (χ0) is 37.4. The lowest BCUT2D eigenvalue weighted by Crippen LogP contribution is -2.08. The normalized spacial score (nSPS) is 11.8. The molecule has 0 saturated heterocycles. The topological polar surface area (TPSA) is 99.2 Å². The van der Waals surface area contributed by atoms with E-state index in [9.17, 15) is 45.4 Å². The molecule has 51 heavy (non-hydrogen) atoms. The summed E-state index contributed by atoms with van der Waals surface area (Å²) in [7, 11) is 1.14. The molecule has 4 aromatic carbocycles. The molecule has 6 aromatic rings. The lowest BCUT2D eigenvalue weighted by molar-refractivity contribution is -0.138. The van der Waals surface area contributed by atoms with Gasteiger partial charge in [0, 0.05) is 31.4 Å². The van der Waals surface area contributed by atoms with E-state index in [1.54, 1.807) is 12.1 Å². The van der Waals surface area contributed by atoms with Crippen molar-refractivity contribution in [2.75, 3.05) is 7.11 Å². The summed E-state index contributed by atoms with van der Waals surface area (Å²) in [5, 5.41) is 18.4. The highest BCUT2D eigenvalue weighted by molar-refractivity contribution is 6.35. The standard InChI is InChI=1S/C17H11ClF4N2O2.C16H9Cl2F3N2O2/c1-26-16(25)15-12-5-3-10(17(20,21)22)6-14(12)24(23-15)8-9-2-4-11(18)7-13(9)19;17-10-3-1-8(12(18)6-10)7-23-13-5-9(16(19,20)21)2-4-11(13)14(22-23)15(24)25/h2-7H,8H2,1H3;1-6H,7H2,(H,24,25). The molecule has 266 valence electrons. The number of carbonyl (C=O) groups is 2. The number of ether oxygens (including phenoxy) is 1. The molecule has 0 fully saturated rings. The monoisotopic (exact) mass is 774 g/mol. The number of aromatic nitrogens is 4.